The van der Waals surface area contributed by atoms with Crippen molar-refractivity contribution in [2.24, 2.45) is 5.92 Å². The van der Waals surface area contributed by atoms with Gasteiger partial charge in [-0.1, -0.05) is 71.7 Å². The molecule has 6 nitrogen and oxygen atoms in total. The average Bonchev–Trinajstić information content (AvgIpc) is 2.95. The third kappa shape index (κ3) is 6.15. The monoisotopic (exact) mass is 551 g/mol. The van der Waals surface area contributed by atoms with E-state index >= 15 is 0 Å². The van der Waals surface area contributed by atoms with E-state index in [1.807, 2.05) is 72.8 Å². The first-order valence-corrected chi connectivity index (χ1v) is 13.8. The Morgan fingerprint density at radius 2 is 1.66 bits per heavy atom. The normalized spacial score (nSPS) is 19.4. The summed E-state index contributed by atoms with van der Waals surface area (Å²) >= 11 is 12.8. The molecule has 2 amide bonds. The van der Waals surface area contributed by atoms with Crippen LogP contribution in [-0.2, 0) is 22.6 Å². The van der Waals surface area contributed by atoms with Crippen LogP contribution in [0.2, 0.25) is 10.0 Å². The summed E-state index contributed by atoms with van der Waals surface area (Å²) < 4.78 is 6.05. The second kappa shape index (κ2) is 12.2. The molecule has 1 N–H and O–H groups in total. The number of likely N-dealkylation sites (tertiary alicyclic amines) is 1. The Kier molecular flexibility index (Phi) is 8.52. The minimum Gasteiger partial charge on any atom is -0.477 e. The topological polar surface area (TPSA) is 61.9 Å². The van der Waals surface area contributed by atoms with E-state index in [1.165, 1.54) is 0 Å². The van der Waals surface area contributed by atoms with Gasteiger partial charge in [0.15, 0.2) is 6.10 Å². The molecule has 8 heteroatoms. The first kappa shape index (κ1) is 26.5. The molecule has 38 heavy (non-hydrogen) atoms. The summed E-state index contributed by atoms with van der Waals surface area (Å²) in [7, 11) is 0. The fourth-order valence-electron chi connectivity index (χ4n) is 5.20. The van der Waals surface area contributed by atoms with Crippen LogP contribution in [0.5, 0.6) is 5.75 Å². The largest absolute Gasteiger partial charge is 0.477 e. The van der Waals surface area contributed by atoms with Crippen molar-refractivity contribution in [3.05, 3.63) is 94.0 Å². The third-order valence-corrected chi connectivity index (χ3v) is 7.89. The minimum atomic E-state index is -0.772. The van der Waals surface area contributed by atoms with E-state index in [1.54, 1.807) is 4.90 Å². The van der Waals surface area contributed by atoms with Gasteiger partial charge in [-0.05, 0) is 55.6 Å². The van der Waals surface area contributed by atoms with Crippen molar-refractivity contribution in [2.75, 3.05) is 31.1 Å². The van der Waals surface area contributed by atoms with Crippen LogP contribution in [0.4, 0.5) is 5.69 Å². The van der Waals surface area contributed by atoms with Crippen molar-refractivity contribution < 1.29 is 14.3 Å². The molecule has 0 unspecified atom stereocenters. The Morgan fingerprint density at radius 3 is 2.45 bits per heavy atom. The Labute approximate surface area is 233 Å². The molecule has 2 atom stereocenters. The number of carbonyl (C=O) groups excluding carboxylic acids is 2. The number of rotatable bonds is 7. The van der Waals surface area contributed by atoms with Crippen LogP contribution in [0.25, 0.3) is 0 Å². The summed E-state index contributed by atoms with van der Waals surface area (Å²) in [6.45, 7) is 2.75. The lowest BCUT2D eigenvalue weighted by Crippen LogP contribution is -2.53. The Bertz CT molecular complexity index is 1270. The van der Waals surface area contributed by atoms with Crippen LogP contribution < -0.4 is 15.0 Å². The molecular formula is C30H31Cl2N3O3. The third-order valence-electron chi connectivity index (χ3n) is 7.19. The van der Waals surface area contributed by atoms with Crippen molar-refractivity contribution >= 4 is 40.7 Å². The summed E-state index contributed by atoms with van der Waals surface area (Å²) in [5.74, 6) is 0.147. The van der Waals surface area contributed by atoms with Crippen LogP contribution in [0, 0.1) is 5.92 Å². The molecule has 0 spiro atoms. The van der Waals surface area contributed by atoms with Crippen LogP contribution in [-0.4, -0.2) is 49.0 Å². The molecule has 3 aromatic carbocycles. The van der Waals surface area contributed by atoms with Gasteiger partial charge in [0.1, 0.15) is 5.75 Å². The number of ether oxygens (including phenoxy) is 1. The minimum absolute atomic E-state index is 0.0118. The number of anilines is 1. The summed E-state index contributed by atoms with van der Waals surface area (Å²) in [5, 5.41) is 4.25. The number of benzene rings is 3. The van der Waals surface area contributed by atoms with Crippen molar-refractivity contribution in [3.8, 4) is 5.75 Å². The van der Waals surface area contributed by atoms with Crippen molar-refractivity contribution in [1.29, 1.82) is 0 Å². The molecule has 3 aromatic rings. The van der Waals surface area contributed by atoms with E-state index in [0.29, 0.717) is 41.1 Å². The zero-order chi connectivity index (χ0) is 26.5. The number of hydrogen-bond acceptors (Lipinski definition) is 4. The quantitative estimate of drug-likeness (QED) is 0.429. The lowest BCUT2D eigenvalue weighted by Gasteiger charge is -2.39. The maximum Gasteiger partial charge on any atom is 0.262 e. The molecule has 1 fully saturated rings. The van der Waals surface area contributed by atoms with E-state index in [2.05, 4.69) is 10.2 Å². The van der Waals surface area contributed by atoms with E-state index in [4.69, 9.17) is 27.9 Å². The number of fused-ring (bicyclic) bond motifs is 1. The van der Waals surface area contributed by atoms with Gasteiger partial charge in [-0.15, -0.1) is 0 Å². The maximum absolute atomic E-state index is 13.9. The molecule has 2 heterocycles. The SMILES string of the molecule is O=C(NCCc1ccccc1)[C@H]1CN(C(=O)[C@@H]2CCCN(Cc3c(Cl)cccc3Cl)C2)c2ccccc2O1. The summed E-state index contributed by atoms with van der Waals surface area (Å²) in [5.41, 5.74) is 2.74. The van der Waals surface area contributed by atoms with Crippen LogP contribution >= 0.6 is 23.2 Å². The fourth-order valence-corrected chi connectivity index (χ4v) is 5.71. The summed E-state index contributed by atoms with van der Waals surface area (Å²) in [6, 6.07) is 22.9. The first-order valence-electron chi connectivity index (χ1n) is 13.0. The van der Waals surface area contributed by atoms with Crippen LogP contribution in [0.15, 0.2) is 72.8 Å². The van der Waals surface area contributed by atoms with Crippen LogP contribution in [0.3, 0.4) is 0 Å². The highest BCUT2D eigenvalue weighted by Crippen LogP contribution is 2.35. The highest BCUT2D eigenvalue weighted by Gasteiger charge is 2.37. The van der Waals surface area contributed by atoms with Crippen molar-refractivity contribution in [1.82, 2.24) is 10.2 Å². The highest BCUT2D eigenvalue weighted by molar-refractivity contribution is 6.35. The number of piperidine rings is 1. The van der Waals surface area contributed by atoms with Gasteiger partial charge >= 0.3 is 0 Å². The number of nitrogens with zero attached hydrogens (tertiary/aromatic N) is 2. The molecule has 0 radical (unpaired) electrons. The molecule has 0 aliphatic carbocycles. The Morgan fingerprint density at radius 1 is 0.921 bits per heavy atom. The van der Waals surface area contributed by atoms with E-state index in [9.17, 15) is 9.59 Å². The molecule has 2 aliphatic heterocycles. The van der Waals surface area contributed by atoms with Gasteiger partial charge in [0.05, 0.1) is 18.2 Å². The Balaban J connectivity index is 1.26. The first-order chi connectivity index (χ1) is 18.5. The second-order valence-corrected chi connectivity index (χ2v) is 10.6. The number of halogens is 2. The van der Waals surface area contributed by atoms with Gasteiger partial charge in [0.25, 0.3) is 5.91 Å². The van der Waals surface area contributed by atoms with Crippen LogP contribution in [0.1, 0.15) is 24.0 Å². The molecule has 2 aliphatic rings. The molecule has 0 bridgehead atoms. The second-order valence-electron chi connectivity index (χ2n) is 9.82. The zero-order valence-corrected chi connectivity index (χ0v) is 22.6. The predicted molar refractivity (Wildman–Crippen MR) is 151 cm³/mol. The van der Waals surface area contributed by atoms with Gasteiger partial charge in [-0.2, -0.15) is 0 Å². The smallest absolute Gasteiger partial charge is 0.262 e. The van der Waals surface area contributed by atoms with Crippen molar-refractivity contribution in [2.45, 2.75) is 31.9 Å². The lowest BCUT2D eigenvalue weighted by atomic mass is 9.95. The summed E-state index contributed by atoms with van der Waals surface area (Å²) in [4.78, 5) is 30.9. The van der Waals surface area contributed by atoms with Gasteiger partial charge in [-0.3, -0.25) is 14.5 Å². The number of carbonyl (C=O) groups is 2. The van der Waals surface area contributed by atoms with E-state index in [0.717, 1.165) is 36.9 Å². The lowest BCUT2D eigenvalue weighted by molar-refractivity contribution is -0.129. The van der Waals surface area contributed by atoms with Gasteiger partial charge in [0.2, 0.25) is 5.91 Å². The van der Waals surface area contributed by atoms with E-state index in [-0.39, 0.29) is 24.3 Å². The van der Waals surface area contributed by atoms with Gasteiger partial charge < -0.3 is 15.0 Å². The number of hydrogen-bond donors (Lipinski definition) is 1. The van der Waals surface area contributed by atoms with Gasteiger partial charge in [-0.25, -0.2) is 0 Å². The van der Waals surface area contributed by atoms with E-state index < -0.39 is 6.10 Å². The fraction of sp³-hybridized carbons (Fsp3) is 0.333. The molecular weight excluding hydrogens is 521 g/mol. The maximum atomic E-state index is 13.9. The molecule has 198 valence electrons. The highest BCUT2D eigenvalue weighted by atomic mass is 35.5. The predicted octanol–water partition coefficient (Wildman–Crippen LogP) is 5.36. The Hall–Kier alpha value is -3.06. The molecule has 0 saturated carbocycles. The molecule has 5 rings (SSSR count). The number of para-hydroxylation sites is 2. The van der Waals surface area contributed by atoms with Gasteiger partial charge in [0, 0.05) is 35.2 Å². The van der Waals surface area contributed by atoms with Crippen molar-refractivity contribution in [3.63, 3.8) is 0 Å². The standard InChI is InChI=1S/C30H31Cl2N3O3/c31-24-11-6-12-25(32)23(24)19-34-17-7-10-22(18-34)30(37)35-20-28(38-27-14-5-4-13-26(27)35)29(36)33-16-15-21-8-2-1-3-9-21/h1-6,8-9,11-14,22,28H,7,10,15-20H2,(H,33,36)/t22-,28-/m1/s1. The summed E-state index contributed by atoms with van der Waals surface area (Å²) in [6.07, 6.45) is 1.64. The average molecular weight is 553 g/mol. The molecule has 0 aromatic heterocycles. The number of nitrogens with one attached hydrogen (secondary N) is 1. The number of amides is 2. The zero-order valence-electron chi connectivity index (χ0n) is 21.1. The molecule has 1 saturated heterocycles.